The standard InChI is InChI=1S/C20H26N2O3/c1-13-4-2-3-5-16(13)18(24)22-21-17(23)11-19-7-14-6-15(8-19)10-20(25,9-14)12-19/h2-5,14-15,25H,6-12H2,1H3,(H,21,23)(H,22,24)/t14-,15+,19?,20?. The van der Waals surface area contributed by atoms with E-state index in [0.29, 0.717) is 23.8 Å². The van der Waals surface area contributed by atoms with E-state index >= 15 is 0 Å². The maximum atomic E-state index is 12.4. The second kappa shape index (κ2) is 5.84. The molecule has 5 rings (SSSR count). The van der Waals surface area contributed by atoms with Crippen molar-refractivity contribution in [3.05, 3.63) is 35.4 Å². The number of hydrazine groups is 1. The van der Waals surface area contributed by atoms with Gasteiger partial charge in [-0.1, -0.05) is 18.2 Å². The Morgan fingerprint density at radius 3 is 2.44 bits per heavy atom. The molecule has 25 heavy (non-hydrogen) atoms. The van der Waals surface area contributed by atoms with Crippen LogP contribution in [0.4, 0.5) is 0 Å². The molecular weight excluding hydrogens is 316 g/mol. The fraction of sp³-hybridized carbons (Fsp3) is 0.600. The fourth-order valence-electron chi connectivity index (χ4n) is 6.01. The van der Waals surface area contributed by atoms with Crippen molar-refractivity contribution in [3.63, 3.8) is 0 Å². The molecule has 4 aliphatic rings. The molecule has 2 amide bonds. The largest absolute Gasteiger partial charge is 0.390 e. The number of nitrogens with one attached hydrogen (secondary N) is 2. The first kappa shape index (κ1) is 16.6. The highest BCUT2D eigenvalue weighted by Gasteiger charge is 2.57. The minimum absolute atomic E-state index is 0.0870. The van der Waals surface area contributed by atoms with E-state index < -0.39 is 5.60 Å². The van der Waals surface area contributed by atoms with Crippen LogP contribution in [0.1, 0.15) is 60.9 Å². The summed E-state index contributed by atoms with van der Waals surface area (Å²) in [5.41, 5.74) is 5.89. The van der Waals surface area contributed by atoms with Crippen molar-refractivity contribution in [1.29, 1.82) is 0 Å². The highest BCUT2D eigenvalue weighted by Crippen LogP contribution is 2.62. The van der Waals surface area contributed by atoms with Crippen LogP contribution < -0.4 is 10.9 Å². The third-order valence-corrected chi connectivity index (χ3v) is 6.39. The van der Waals surface area contributed by atoms with Crippen LogP contribution in [0, 0.1) is 24.2 Å². The predicted molar refractivity (Wildman–Crippen MR) is 93.5 cm³/mol. The highest BCUT2D eigenvalue weighted by molar-refractivity contribution is 5.96. The lowest BCUT2D eigenvalue weighted by Gasteiger charge is -2.60. The lowest BCUT2D eigenvalue weighted by molar-refractivity contribution is -0.169. The van der Waals surface area contributed by atoms with E-state index in [1.165, 1.54) is 6.42 Å². The van der Waals surface area contributed by atoms with Gasteiger partial charge in [0.25, 0.3) is 5.91 Å². The van der Waals surface area contributed by atoms with E-state index in [-0.39, 0.29) is 17.2 Å². The Morgan fingerprint density at radius 1 is 1.12 bits per heavy atom. The van der Waals surface area contributed by atoms with Gasteiger partial charge in [0, 0.05) is 12.0 Å². The van der Waals surface area contributed by atoms with Gasteiger partial charge < -0.3 is 5.11 Å². The molecule has 5 nitrogen and oxygen atoms in total. The molecule has 134 valence electrons. The number of carbonyl (C=O) groups is 2. The molecule has 0 saturated heterocycles. The predicted octanol–water partition coefficient (Wildman–Crippen LogP) is 2.48. The van der Waals surface area contributed by atoms with Gasteiger partial charge in [0.05, 0.1) is 5.60 Å². The van der Waals surface area contributed by atoms with Crippen LogP contribution in [0.15, 0.2) is 24.3 Å². The van der Waals surface area contributed by atoms with Gasteiger partial charge in [0.1, 0.15) is 0 Å². The summed E-state index contributed by atoms with van der Waals surface area (Å²) in [6.45, 7) is 1.87. The zero-order valence-corrected chi connectivity index (χ0v) is 14.7. The van der Waals surface area contributed by atoms with E-state index in [1.54, 1.807) is 12.1 Å². The molecule has 4 saturated carbocycles. The van der Waals surface area contributed by atoms with Gasteiger partial charge in [-0.3, -0.25) is 20.4 Å². The number of aryl methyl sites for hydroxylation is 1. The molecule has 5 heteroatoms. The number of rotatable bonds is 3. The molecule has 4 fully saturated rings. The Morgan fingerprint density at radius 2 is 1.80 bits per heavy atom. The Labute approximate surface area is 148 Å². The zero-order valence-electron chi connectivity index (χ0n) is 14.7. The summed E-state index contributed by atoms with van der Waals surface area (Å²) in [7, 11) is 0. The van der Waals surface area contributed by atoms with Crippen molar-refractivity contribution in [2.24, 2.45) is 17.3 Å². The van der Waals surface area contributed by atoms with E-state index in [2.05, 4.69) is 10.9 Å². The van der Waals surface area contributed by atoms with Crippen LogP contribution in [0.2, 0.25) is 0 Å². The molecule has 2 unspecified atom stereocenters. The highest BCUT2D eigenvalue weighted by atomic mass is 16.3. The Kier molecular flexibility index (Phi) is 3.87. The molecule has 0 aliphatic heterocycles. The number of hydrogen-bond donors (Lipinski definition) is 3. The van der Waals surface area contributed by atoms with Gasteiger partial charge in [-0.15, -0.1) is 0 Å². The Balaban J connectivity index is 1.37. The summed E-state index contributed by atoms with van der Waals surface area (Å²) in [5, 5.41) is 10.8. The Bertz CT molecular complexity index is 701. The summed E-state index contributed by atoms with van der Waals surface area (Å²) < 4.78 is 0. The molecule has 0 aromatic heterocycles. The molecule has 4 atom stereocenters. The quantitative estimate of drug-likeness (QED) is 0.739. The average Bonchev–Trinajstić information content (AvgIpc) is 2.50. The normalized spacial score (nSPS) is 35.4. The third kappa shape index (κ3) is 3.17. The van der Waals surface area contributed by atoms with Gasteiger partial charge in [-0.05, 0) is 74.3 Å². The maximum Gasteiger partial charge on any atom is 0.269 e. The number of carbonyl (C=O) groups excluding carboxylic acids is 2. The minimum atomic E-state index is -0.561. The smallest absolute Gasteiger partial charge is 0.269 e. The van der Waals surface area contributed by atoms with Gasteiger partial charge in [0.15, 0.2) is 0 Å². The van der Waals surface area contributed by atoms with Crippen LogP contribution in [0.5, 0.6) is 0 Å². The van der Waals surface area contributed by atoms with Gasteiger partial charge >= 0.3 is 0 Å². The summed E-state index contributed by atoms with van der Waals surface area (Å²) in [5.74, 6) is 0.657. The lowest BCUT2D eigenvalue weighted by atomic mass is 9.47. The van der Waals surface area contributed by atoms with Crippen LogP contribution >= 0.6 is 0 Å². The minimum Gasteiger partial charge on any atom is -0.390 e. The molecule has 3 N–H and O–H groups in total. The van der Waals surface area contributed by atoms with E-state index in [0.717, 1.165) is 37.7 Å². The summed E-state index contributed by atoms with van der Waals surface area (Å²) in [6, 6.07) is 7.29. The Hall–Kier alpha value is -1.88. The summed E-state index contributed by atoms with van der Waals surface area (Å²) >= 11 is 0. The van der Waals surface area contributed by atoms with E-state index in [4.69, 9.17) is 0 Å². The van der Waals surface area contributed by atoms with Crippen molar-refractivity contribution in [2.45, 2.75) is 57.5 Å². The molecule has 1 aromatic carbocycles. The molecule has 4 aliphatic carbocycles. The number of amides is 2. The van der Waals surface area contributed by atoms with Crippen molar-refractivity contribution in [1.82, 2.24) is 10.9 Å². The van der Waals surface area contributed by atoms with Crippen LogP contribution in [-0.2, 0) is 4.79 Å². The van der Waals surface area contributed by atoms with Crippen molar-refractivity contribution < 1.29 is 14.7 Å². The molecular formula is C20H26N2O3. The molecule has 1 aromatic rings. The third-order valence-electron chi connectivity index (χ3n) is 6.39. The zero-order chi connectivity index (χ0) is 17.7. The van der Waals surface area contributed by atoms with Gasteiger partial charge in [0.2, 0.25) is 5.91 Å². The fourth-order valence-corrected chi connectivity index (χ4v) is 6.01. The molecule has 4 bridgehead atoms. The first-order valence-corrected chi connectivity index (χ1v) is 9.24. The average molecular weight is 342 g/mol. The first-order valence-electron chi connectivity index (χ1n) is 9.24. The number of aliphatic hydroxyl groups is 1. The second-order valence-electron chi connectivity index (χ2n) is 8.68. The van der Waals surface area contributed by atoms with Crippen LogP contribution in [0.3, 0.4) is 0 Å². The lowest BCUT2D eigenvalue weighted by Crippen LogP contribution is -2.57. The molecule has 0 heterocycles. The van der Waals surface area contributed by atoms with E-state index in [9.17, 15) is 14.7 Å². The SMILES string of the molecule is Cc1ccccc1C(=O)NNC(=O)CC12C[C@@H]3C[C@@H](CC(O)(C3)C1)C2. The first-order chi connectivity index (χ1) is 11.9. The van der Waals surface area contributed by atoms with Crippen LogP contribution in [-0.4, -0.2) is 22.5 Å². The maximum absolute atomic E-state index is 12.4. The monoisotopic (exact) mass is 342 g/mol. The molecule has 0 radical (unpaired) electrons. The summed E-state index contributed by atoms with van der Waals surface area (Å²) in [6.07, 6.45) is 6.18. The van der Waals surface area contributed by atoms with E-state index in [1.807, 2.05) is 19.1 Å². The van der Waals surface area contributed by atoms with Gasteiger partial charge in [-0.25, -0.2) is 0 Å². The second-order valence-corrected chi connectivity index (χ2v) is 8.68. The van der Waals surface area contributed by atoms with Crippen LogP contribution in [0.25, 0.3) is 0 Å². The van der Waals surface area contributed by atoms with Crippen molar-refractivity contribution >= 4 is 11.8 Å². The van der Waals surface area contributed by atoms with Crippen molar-refractivity contribution in [2.75, 3.05) is 0 Å². The number of benzene rings is 1. The topological polar surface area (TPSA) is 78.4 Å². The van der Waals surface area contributed by atoms with Crippen molar-refractivity contribution in [3.8, 4) is 0 Å². The van der Waals surface area contributed by atoms with Gasteiger partial charge in [-0.2, -0.15) is 0 Å². The number of hydrogen-bond acceptors (Lipinski definition) is 3. The summed E-state index contributed by atoms with van der Waals surface area (Å²) in [4.78, 5) is 24.7. The molecule has 0 spiro atoms.